The van der Waals surface area contributed by atoms with Crippen molar-refractivity contribution in [3.8, 4) is 0 Å². The molecule has 0 amide bonds. The van der Waals surface area contributed by atoms with Crippen molar-refractivity contribution in [3.63, 3.8) is 0 Å². The van der Waals surface area contributed by atoms with Crippen LogP contribution in [0.4, 0.5) is 26.2 Å². The fourth-order valence-electron chi connectivity index (χ4n) is 2.97. The van der Waals surface area contributed by atoms with Gasteiger partial charge >= 0.3 is 0 Å². The SMILES string of the molecule is CC(C)(O)Cn1ncc2c(Nc3ncc(C(F)F)c(NC4CC4)n3)cccc21. The highest BCUT2D eigenvalue weighted by Gasteiger charge is 2.25. The maximum absolute atomic E-state index is 13.2. The molecule has 0 atom stereocenters. The van der Waals surface area contributed by atoms with Crippen LogP contribution in [0.25, 0.3) is 10.9 Å². The van der Waals surface area contributed by atoms with Crippen LogP contribution in [0.15, 0.2) is 30.6 Å². The zero-order chi connectivity index (χ0) is 19.9. The monoisotopic (exact) mass is 388 g/mol. The van der Waals surface area contributed by atoms with E-state index >= 15 is 0 Å². The lowest BCUT2D eigenvalue weighted by molar-refractivity contribution is 0.0591. The summed E-state index contributed by atoms with van der Waals surface area (Å²) >= 11 is 0. The van der Waals surface area contributed by atoms with Crippen molar-refractivity contribution in [2.45, 2.75) is 51.3 Å². The molecule has 0 unspecified atom stereocenters. The zero-order valence-electron chi connectivity index (χ0n) is 15.7. The van der Waals surface area contributed by atoms with E-state index < -0.39 is 12.0 Å². The van der Waals surface area contributed by atoms with Crippen LogP contribution in [-0.4, -0.2) is 36.5 Å². The molecule has 28 heavy (non-hydrogen) atoms. The number of halogens is 2. The third kappa shape index (κ3) is 4.04. The number of alkyl halides is 2. The first kappa shape index (κ1) is 18.5. The molecule has 0 aliphatic heterocycles. The minimum absolute atomic E-state index is 0.167. The number of anilines is 3. The third-order valence-electron chi connectivity index (χ3n) is 4.44. The number of fused-ring (bicyclic) bond motifs is 1. The Balaban J connectivity index is 1.64. The summed E-state index contributed by atoms with van der Waals surface area (Å²) in [6, 6.07) is 5.80. The molecule has 0 saturated heterocycles. The summed E-state index contributed by atoms with van der Waals surface area (Å²) in [4.78, 5) is 8.31. The van der Waals surface area contributed by atoms with Crippen LogP contribution in [0.5, 0.6) is 0 Å². The second-order valence-corrected chi connectivity index (χ2v) is 7.69. The molecule has 0 radical (unpaired) electrons. The molecular weight excluding hydrogens is 366 g/mol. The maximum atomic E-state index is 13.2. The Morgan fingerprint density at radius 2 is 2.07 bits per heavy atom. The largest absolute Gasteiger partial charge is 0.389 e. The molecule has 4 rings (SSSR count). The fourth-order valence-corrected chi connectivity index (χ4v) is 2.97. The van der Waals surface area contributed by atoms with Crippen molar-refractivity contribution >= 4 is 28.4 Å². The highest BCUT2D eigenvalue weighted by Crippen LogP contribution is 2.32. The molecule has 1 aliphatic rings. The van der Waals surface area contributed by atoms with Crippen molar-refractivity contribution in [2.24, 2.45) is 0 Å². The Labute approximate surface area is 160 Å². The van der Waals surface area contributed by atoms with Gasteiger partial charge in [-0.25, -0.2) is 13.8 Å². The summed E-state index contributed by atoms with van der Waals surface area (Å²) in [5.74, 6) is 0.398. The summed E-state index contributed by atoms with van der Waals surface area (Å²) in [7, 11) is 0. The molecule has 1 aliphatic carbocycles. The number of hydrogen-bond acceptors (Lipinski definition) is 6. The lowest BCUT2D eigenvalue weighted by Crippen LogP contribution is -2.26. The molecule has 7 nitrogen and oxygen atoms in total. The van der Waals surface area contributed by atoms with Gasteiger partial charge in [0.05, 0.1) is 35.1 Å². The van der Waals surface area contributed by atoms with Gasteiger partial charge in [0.2, 0.25) is 5.95 Å². The molecule has 0 spiro atoms. The minimum atomic E-state index is -2.64. The van der Waals surface area contributed by atoms with Gasteiger partial charge in [0, 0.05) is 17.6 Å². The van der Waals surface area contributed by atoms with Gasteiger partial charge < -0.3 is 15.7 Å². The van der Waals surface area contributed by atoms with E-state index in [1.54, 1.807) is 24.7 Å². The van der Waals surface area contributed by atoms with Crippen LogP contribution in [0.3, 0.4) is 0 Å². The number of aromatic nitrogens is 4. The lowest BCUT2D eigenvalue weighted by Gasteiger charge is -2.17. The van der Waals surface area contributed by atoms with Gasteiger partial charge in [-0.05, 0) is 38.8 Å². The number of hydrogen-bond donors (Lipinski definition) is 3. The third-order valence-corrected chi connectivity index (χ3v) is 4.44. The number of nitrogens with one attached hydrogen (secondary N) is 2. The van der Waals surface area contributed by atoms with E-state index in [0.29, 0.717) is 12.2 Å². The smallest absolute Gasteiger partial charge is 0.268 e. The average Bonchev–Trinajstić information content (AvgIpc) is 3.34. The Kier molecular flexibility index (Phi) is 4.62. The number of aliphatic hydroxyl groups is 1. The van der Waals surface area contributed by atoms with Gasteiger partial charge in [0.15, 0.2) is 0 Å². The Bertz CT molecular complexity index is 994. The summed E-state index contributed by atoms with van der Waals surface area (Å²) < 4.78 is 28.2. The molecule has 148 valence electrons. The summed E-state index contributed by atoms with van der Waals surface area (Å²) in [6.45, 7) is 3.78. The summed E-state index contributed by atoms with van der Waals surface area (Å²) in [5, 5.41) is 21.4. The predicted molar refractivity (Wildman–Crippen MR) is 103 cm³/mol. The summed E-state index contributed by atoms with van der Waals surface area (Å²) in [6.07, 6.45) is 2.12. The van der Waals surface area contributed by atoms with Gasteiger partial charge in [0.25, 0.3) is 6.43 Å². The second kappa shape index (κ2) is 6.97. The Hall–Kier alpha value is -2.81. The van der Waals surface area contributed by atoms with Gasteiger partial charge in [-0.1, -0.05) is 6.07 Å². The zero-order valence-corrected chi connectivity index (χ0v) is 15.7. The Morgan fingerprint density at radius 1 is 1.29 bits per heavy atom. The van der Waals surface area contributed by atoms with Crippen molar-refractivity contribution in [3.05, 3.63) is 36.2 Å². The van der Waals surface area contributed by atoms with E-state index in [2.05, 4.69) is 25.7 Å². The molecule has 1 fully saturated rings. The molecule has 2 heterocycles. The first-order valence-electron chi connectivity index (χ1n) is 9.16. The molecule has 2 aromatic heterocycles. The minimum Gasteiger partial charge on any atom is -0.389 e. The highest BCUT2D eigenvalue weighted by molar-refractivity contribution is 5.92. The first-order valence-corrected chi connectivity index (χ1v) is 9.16. The Morgan fingerprint density at radius 3 is 2.75 bits per heavy atom. The normalized spacial score (nSPS) is 14.6. The topological polar surface area (TPSA) is 87.9 Å². The lowest BCUT2D eigenvalue weighted by atomic mass is 10.1. The van der Waals surface area contributed by atoms with Crippen LogP contribution < -0.4 is 10.6 Å². The van der Waals surface area contributed by atoms with Crippen LogP contribution >= 0.6 is 0 Å². The van der Waals surface area contributed by atoms with E-state index in [1.807, 2.05) is 18.2 Å². The van der Waals surface area contributed by atoms with Crippen molar-refractivity contribution in [1.29, 1.82) is 0 Å². The van der Waals surface area contributed by atoms with E-state index in [0.717, 1.165) is 29.9 Å². The van der Waals surface area contributed by atoms with Crippen molar-refractivity contribution in [2.75, 3.05) is 10.6 Å². The molecular formula is C19H22F2N6O. The van der Waals surface area contributed by atoms with Gasteiger partial charge in [-0.3, -0.25) is 4.68 Å². The predicted octanol–water partition coefficient (Wildman–Crippen LogP) is 3.85. The quantitative estimate of drug-likeness (QED) is 0.570. The number of rotatable bonds is 7. The molecule has 3 N–H and O–H groups in total. The average molecular weight is 388 g/mol. The number of nitrogens with zero attached hydrogens (tertiary/aromatic N) is 4. The maximum Gasteiger partial charge on any atom is 0.268 e. The summed E-state index contributed by atoms with van der Waals surface area (Å²) in [5.41, 5.74) is 0.447. The van der Waals surface area contributed by atoms with E-state index in [4.69, 9.17) is 0 Å². The van der Waals surface area contributed by atoms with Crippen molar-refractivity contribution < 1.29 is 13.9 Å². The van der Waals surface area contributed by atoms with E-state index in [9.17, 15) is 13.9 Å². The second-order valence-electron chi connectivity index (χ2n) is 7.69. The molecule has 0 bridgehead atoms. The van der Waals surface area contributed by atoms with Crippen LogP contribution in [0.1, 0.15) is 38.7 Å². The highest BCUT2D eigenvalue weighted by atomic mass is 19.3. The molecule has 1 aromatic carbocycles. The molecule has 3 aromatic rings. The number of benzene rings is 1. The standard InChI is InChI=1S/C19H22F2N6O/c1-19(2,28)10-27-15-5-3-4-14(12(15)9-23-27)25-18-22-8-13(16(20)21)17(26-18)24-11-6-7-11/h3-5,8-9,11,16,28H,6-7,10H2,1-2H3,(H2,22,24,25,26). The van der Waals surface area contributed by atoms with Crippen LogP contribution in [0.2, 0.25) is 0 Å². The van der Waals surface area contributed by atoms with Gasteiger partial charge in [-0.15, -0.1) is 0 Å². The van der Waals surface area contributed by atoms with Gasteiger partial charge in [-0.2, -0.15) is 10.1 Å². The van der Waals surface area contributed by atoms with Gasteiger partial charge in [0.1, 0.15) is 5.82 Å². The molecule has 9 heteroatoms. The van der Waals surface area contributed by atoms with E-state index in [1.165, 1.54) is 0 Å². The van der Waals surface area contributed by atoms with E-state index in [-0.39, 0.29) is 23.4 Å². The van der Waals surface area contributed by atoms with Crippen molar-refractivity contribution in [1.82, 2.24) is 19.7 Å². The fraction of sp³-hybridized carbons (Fsp3) is 0.421. The van der Waals surface area contributed by atoms with Crippen LogP contribution in [0, 0.1) is 0 Å². The first-order chi connectivity index (χ1) is 13.3. The van der Waals surface area contributed by atoms with Crippen LogP contribution in [-0.2, 0) is 6.54 Å². The molecule has 1 saturated carbocycles.